The van der Waals surface area contributed by atoms with E-state index in [2.05, 4.69) is 26.5 Å². The summed E-state index contributed by atoms with van der Waals surface area (Å²) in [6.07, 6.45) is -0.227. The van der Waals surface area contributed by atoms with Gasteiger partial charge < -0.3 is 5.11 Å². The van der Waals surface area contributed by atoms with E-state index in [1.807, 2.05) is 13.8 Å². The summed E-state index contributed by atoms with van der Waals surface area (Å²) in [6, 6.07) is 0. The highest BCUT2D eigenvalue weighted by atomic mass is 32.2. The van der Waals surface area contributed by atoms with Crippen molar-refractivity contribution >= 4 is 24.4 Å². The molecule has 0 unspecified atom stereocenters. The second-order valence-corrected chi connectivity index (χ2v) is 5.60. The van der Waals surface area contributed by atoms with E-state index in [0.29, 0.717) is 15.7 Å². The Morgan fingerprint density at radius 2 is 1.55 bits per heavy atom. The van der Waals surface area contributed by atoms with Crippen LogP contribution < -0.4 is 0 Å². The summed E-state index contributed by atoms with van der Waals surface area (Å²) in [5.74, 6) is 0. The highest BCUT2D eigenvalue weighted by molar-refractivity contribution is 8.01. The average Bonchev–Trinajstić information content (AvgIpc) is 1.87. The van der Waals surface area contributed by atoms with Crippen molar-refractivity contribution in [2.75, 3.05) is 0 Å². The molecule has 68 valence electrons. The minimum absolute atomic E-state index is 0.227. The van der Waals surface area contributed by atoms with Gasteiger partial charge in [-0.05, 0) is 6.92 Å². The predicted molar refractivity (Wildman–Crippen MR) is 56.6 cm³/mol. The molecule has 0 saturated carbocycles. The van der Waals surface area contributed by atoms with Gasteiger partial charge in [0.1, 0.15) is 0 Å². The molecule has 1 nitrogen and oxygen atoms in total. The minimum Gasteiger partial charge on any atom is -0.392 e. The van der Waals surface area contributed by atoms with Crippen LogP contribution in [-0.4, -0.2) is 27.0 Å². The molecule has 0 amide bonds. The molecule has 0 aliphatic carbocycles. The van der Waals surface area contributed by atoms with Crippen molar-refractivity contribution in [3.63, 3.8) is 0 Å². The Hall–Kier alpha value is 0.660. The SMILES string of the molecule is C[C@H](O)[C@H](C)S[C@@H](C)[C@@H](C)S. The summed E-state index contributed by atoms with van der Waals surface area (Å²) in [4.78, 5) is 0. The fourth-order valence-electron chi connectivity index (χ4n) is 0.566. The zero-order valence-corrected chi connectivity index (χ0v) is 9.32. The average molecular weight is 194 g/mol. The Morgan fingerprint density at radius 1 is 1.09 bits per heavy atom. The third-order valence-electron chi connectivity index (χ3n) is 1.79. The molecule has 0 aliphatic heterocycles. The molecule has 0 saturated heterocycles. The quantitative estimate of drug-likeness (QED) is 0.669. The first kappa shape index (κ1) is 11.7. The van der Waals surface area contributed by atoms with Gasteiger partial charge in [-0.2, -0.15) is 24.4 Å². The van der Waals surface area contributed by atoms with Crippen LogP contribution in [0.1, 0.15) is 27.7 Å². The van der Waals surface area contributed by atoms with E-state index in [0.717, 1.165) is 0 Å². The first-order valence-corrected chi connectivity index (χ1v) is 5.42. The van der Waals surface area contributed by atoms with Crippen LogP contribution in [0.4, 0.5) is 0 Å². The monoisotopic (exact) mass is 194 g/mol. The third-order valence-corrected chi connectivity index (χ3v) is 4.10. The Bertz CT molecular complexity index is 92.3. The van der Waals surface area contributed by atoms with Crippen LogP contribution >= 0.6 is 24.4 Å². The van der Waals surface area contributed by atoms with Crippen LogP contribution in [0.25, 0.3) is 0 Å². The lowest BCUT2D eigenvalue weighted by Gasteiger charge is -2.21. The fraction of sp³-hybridized carbons (Fsp3) is 1.00. The minimum atomic E-state index is -0.227. The molecule has 0 aromatic rings. The van der Waals surface area contributed by atoms with Crippen LogP contribution in [0.3, 0.4) is 0 Å². The highest BCUT2D eigenvalue weighted by Gasteiger charge is 2.15. The summed E-state index contributed by atoms with van der Waals surface area (Å²) >= 11 is 6.12. The fourth-order valence-corrected chi connectivity index (χ4v) is 1.91. The smallest absolute Gasteiger partial charge is 0.0628 e. The number of rotatable bonds is 4. The first-order valence-electron chi connectivity index (χ1n) is 3.96. The van der Waals surface area contributed by atoms with E-state index >= 15 is 0 Å². The second kappa shape index (κ2) is 5.33. The number of hydrogen-bond donors (Lipinski definition) is 2. The molecule has 0 rings (SSSR count). The largest absolute Gasteiger partial charge is 0.392 e. The lowest BCUT2D eigenvalue weighted by atomic mass is 10.3. The van der Waals surface area contributed by atoms with Gasteiger partial charge in [0.2, 0.25) is 0 Å². The standard InChI is InChI=1S/C8H18OS2/c1-5(9)7(3)11-8(4)6(2)10/h5-10H,1-4H3/t5-,6+,7-,8-/m0/s1. The van der Waals surface area contributed by atoms with Crippen LogP contribution in [-0.2, 0) is 0 Å². The number of hydrogen-bond acceptors (Lipinski definition) is 3. The molecular weight excluding hydrogens is 176 g/mol. The molecule has 0 heterocycles. The van der Waals surface area contributed by atoms with E-state index in [1.165, 1.54) is 0 Å². The van der Waals surface area contributed by atoms with E-state index in [9.17, 15) is 5.11 Å². The highest BCUT2D eigenvalue weighted by Crippen LogP contribution is 2.24. The Labute approximate surface area is 79.4 Å². The molecule has 11 heavy (non-hydrogen) atoms. The summed E-state index contributed by atoms with van der Waals surface area (Å²) in [7, 11) is 0. The molecule has 0 radical (unpaired) electrons. The first-order chi connectivity index (χ1) is 4.95. The topological polar surface area (TPSA) is 20.2 Å². The number of aliphatic hydroxyl groups is 1. The predicted octanol–water partition coefficient (Wildman–Crippen LogP) is 2.20. The summed E-state index contributed by atoms with van der Waals surface area (Å²) in [5.41, 5.74) is 0. The van der Waals surface area contributed by atoms with Gasteiger partial charge in [0, 0.05) is 15.7 Å². The van der Waals surface area contributed by atoms with Crippen LogP contribution in [0, 0.1) is 0 Å². The van der Waals surface area contributed by atoms with Crippen molar-refractivity contribution in [2.45, 2.75) is 49.5 Å². The lowest BCUT2D eigenvalue weighted by Crippen LogP contribution is -2.21. The van der Waals surface area contributed by atoms with Crippen molar-refractivity contribution in [1.82, 2.24) is 0 Å². The molecule has 0 aliphatic rings. The second-order valence-electron chi connectivity index (χ2n) is 3.03. The Balaban J connectivity index is 3.66. The van der Waals surface area contributed by atoms with Gasteiger partial charge in [-0.3, -0.25) is 0 Å². The third kappa shape index (κ3) is 4.99. The maximum atomic E-state index is 9.21. The maximum absolute atomic E-state index is 9.21. The van der Waals surface area contributed by atoms with Gasteiger partial charge in [-0.1, -0.05) is 20.8 Å². The van der Waals surface area contributed by atoms with Gasteiger partial charge in [0.25, 0.3) is 0 Å². The molecule has 0 aromatic carbocycles. The van der Waals surface area contributed by atoms with Crippen molar-refractivity contribution in [3.05, 3.63) is 0 Å². The zero-order chi connectivity index (χ0) is 9.02. The molecule has 3 heteroatoms. The van der Waals surface area contributed by atoms with Crippen LogP contribution in [0.5, 0.6) is 0 Å². The molecule has 0 fully saturated rings. The summed E-state index contributed by atoms with van der Waals surface area (Å²) < 4.78 is 0. The molecule has 0 bridgehead atoms. The number of thioether (sulfide) groups is 1. The van der Waals surface area contributed by atoms with Crippen molar-refractivity contribution in [3.8, 4) is 0 Å². The molecule has 4 atom stereocenters. The van der Waals surface area contributed by atoms with E-state index < -0.39 is 0 Å². The number of aliphatic hydroxyl groups excluding tert-OH is 1. The van der Waals surface area contributed by atoms with Gasteiger partial charge in [-0.15, -0.1) is 0 Å². The summed E-state index contributed by atoms with van der Waals surface area (Å²) in [5, 5.41) is 10.4. The van der Waals surface area contributed by atoms with Gasteiger partial charge in [0.15, 0.2) is 0 Å². The maximum Gasteiger partial charge on any atom is 0.0628 e. The Morgan fingerprint density at radius 3 is 1.82 bits per heavy atom. The van der Waals surface area contributed by atoms with Gasteiger partial charge >= 0.3 is 0 Å². The van der Waals surface area contributed by atoms with E-state index in [4.69, 9.17) is 0 Å². The lowest BCUT2D eigenvalue weighted by molar-refractivity contribution is 0.196. The van der Waals surface area contributed by atoms with Crippen molar-refractivity contribution in [2.24, 2.45) is 0 Å². The van der Waals surface area contributed by atoms with Crippen LogP contribution in [0.15, 0.2) is 0 Å². The molecular formula is C8H18OS2. The zero-order valence-electron chi connectivity index (χ0n) is 7.61. The van der Waals surface area contributed by atoms with Crippen molar-refractivity contribution in [1.29, 1.82) is 0 Å². The van der Waals surface area contributed by atoms with E-state index in [1.54, 1.807) is 11.8 Å². The summed E-state index contributed by atoms with van der Waals surface area (Å²) in [6.45, 7) is 8.09. The van der Waals surface area contributed by atoms with Gasteiger partial charge in [0.05, 0.1) is 6.10 Å². The molecule has 1 N–H and O–H groups in total. The normalized spacial score (nSPS) is 22.4. The molecule has 0 aromatic heterocycles. The van der Waals surface area contributed by atoms with E-state index in [-0.39, 0.29) is 6.10 Å². The van der Waals surface area contributed by atoms with Crippen molar-refractivity contribution < 1.29 is 5.11 Å². The van der Waals surface area contributed by atoms with Gasteiger partial charge in [-0.25, -0.2) is 0 Å². The number of thiol groups is 1. The Kier molecular flexibility index (Phi) is 5.65. The molecule has 0 spiro atoms. The van der Waals surface area contributed by atoms with Crippen LogP contribution in [0.2, 0.25) is 0 Å².